The lowest BCUT2D eigenvalue weighted by Crippen LogP contribution is -2.12. The van der Waals surface area contributed by atoms with Gasteiger partial charge in [-0.25, -0.2) is 9.37 Å². The number of carbonyl (C=O) groups excluding carboxylic acids is 1. The van der Waals surface area contributed by atoms with Crippen molar-refractivity contribution >= 4 is 22.6 Å². The number of aryl methyl sites for hydroxylation is 3. The number of rotatable bonds is 6. The quantitative estimate of drug-likeness (QED) is 0.397. The Morgan fingerprint density at radius 2 is 1.82 bits per heavy atom. The number of amides is 1. The Bertz CT molecular complexity index is 1400. The minimum atomic E-state index is -0.298. The van der Waals surface area contributed by atoms with Gasteiger partial charge in [-0.1, -0.05) is 12.1 Å². The van der Waals surface area contributed by atoms with Crippen LogP contribution in [0.5, 0.6) is 0 Å². The van der Waals surface area contributed by atoms with Crippen molar-refractivity contribution in [3.05, 3.63) is 108 Å². The molecule has 1 amide bonds. The summed E-state index contributed by atoms with van der Waals surface area (Å²) in [5.74, 6) is 0.263. The van der Waals surface area contributed by atoms with Crippen LogP contribution >= 0.6 is 0 Å². The number of halogens is 1. The highest BCUT2D eigenvalue weighted by atomic mass is 19.1. The van der Waals surface area contributed by atoms with Gasteiger partial charge in [0.1, 0.15) is 11.6 Å². The molecule has 33 heavy (non-hydrogen) atoms. The molecule has 0 saturated heterocycles. The van der Waals surface area contributed by atoms with Crippen LogP contribution in [0.15, 0.2) is 85.2 Å². The Kier molecular flexibility index (Phi) is 5.44. The van der Waals surface area contributed by atoms with E-state index in [-0.39, 0.29) is 11.7 Å². The molecule has 5 rings (SSSR count). The Balaban J connectivity index is 1.34. The van der Waals surface area contributed by atoms with Crippen LogP contribution in [-0.2, 0) is 13.0 Å². The smallest absolute Gasteiger partial charge is 0.255 e. The van der Waals surface area contributed by atoms with E-state index in [2.05, 4.69) is 15.4 Å². The first-order valence-electron chi connectivity index (χ1n) is 10.7. The lowest BCUT2D eigenvalue weighted by Gasteiger charge is -2.09. The SMILES string of the molecule is Cc1nc2ccc(C(=O)Nc3ccc(CCn4cccn4)cc3)cc2n1-c1ccc(F)cc1. The van der Waals surface area contributed by atoms with Crippen molar-refractivity contribution in [2.24, 2.45) is 0 Å². The fourth-order valence-electron chi connectivity index (χ4n) is 3.89. The van der Waals surface area contributed by atoms with Crippen LogP contribution < -0.4 is 5.32 Å². The number of hydrogen-bond acceptors (Lipinski definition) is 3. The number of nitrogens with zero attached hydrogens (tertiary/aromatic N) is 4. The molecule has 0 atom stereocenters. The zero-order chi connectivity index (χ0) is 22.8. The van der Waals surface area contributed by atoms with Gasteiger partial charge < -0.3 is 5.32 Å². The van der Waals surface area contributed by atoms with E-state index in [1.165, 1.54) is 17.7 Å². The van der Waals surface area contributed by atoms with Crippen molar-refractivity contribution in [2.75, 3.05) is 5.32 Å². The lowest BCUT2D eigenvalue weighted by molar-refractivity contribution is 0.102. The second kappa shape index (κ2) is 8.70. The van der Waals surface area contributed by atoms with Crippen LogP contribution in [0.4, 0.5) is 10.1 Å². The molecule has 164 valence electrons. The second-order valence-corrected chi connectivity index (χ2v) is 7.84. The summed E-state index contributed by atoms with van der Waals surface area (Å²) in [7, 11) is 0. The van der Waals surface area contributed by atoms with Gasteiger partial charge in [0.25, 0.3) is 5.91 Å². The number of carbonyl (C=O) groups is 1. The number of benzene rings is 3. The summed E-state index contributed by atoms with van der Waals surface area (Å²) < 4.78 is 17.2. The van der Waals surface area contributed by atoms with Crippen LogP contribution in [0.25, 0.3) is 16.7 Å². The second-order valence-electron chi connectivity index (χ2n) is 7.84. The molecule has 1 N–H and O–H groups in total. The first-order chi connectivity index (χ1) is 16.1. The zero-order valence-corrected chi connectivity index (χ0v) is 18.1. The van der Waals surface area contributed by atoms with Gasteiger partial charge in [0, 0.05) is 35.9 Å². The molecule has 3 aromatic carbocycles. The predicted octanol–water partition coefficient (Wildman–Crippen LogP) is 5.16. The highest BCUT2D eigenvalue weighted by molar-refractivity contribution is 6.06. The third-order valence-corrected chi connectivity index (χ3v) is 5.57. The molecule has 0 aliphatic rings. The molecule has 5 aromatic rings. The third-order valence-electron chi connectivity index (χ3n) is 5.57. The summed E-state index contributed by atoms with van der Waals surface area (Å²) in [6.45, 7) is 2.69. The fourth-order valence-corrected chi connectivity index (χ4v) is 3.89. The Morgan fingerprint density at radius 3 is 2.55 bits per heavy atom. The standard InChI is InChI=1S/C26H22FN5O/c1-18-29-24-12-5-20(17-25(24)32(18)23-10-6-21(27)7-11-23)26(33)30-22-8-3-19(4-9-22)13-16-31-15-2-14-28-31/h2-12,14-15,17H,13,16H2,1H3,(H,30,33). The topological polar surface area (TPSA) is 64.7 Å². The van der Waals surface area contributed by atoms with Gasteiger partial charge in [-0.2, -0.15) is 5.10 Å². The number of fused-ring (bicyclic) bond motifs is 1. The number of anilines is 1. The van der Waals surface area contributed by atoms with E-state index in [9.17, 15) is 9.18 Å². The van der Waals surface area contributed by atoms with Crippen LogP contribution in [0, 0.1) is 12.7 Å². The maximum absolute atomic E-state index is 13.4. The Labute approximate surface area is 190 Å². The largest absolute Gasteiger partial charge is 0.322 e. The first-order valence-corrected chi connectivity index (χ1v) is 10.7. The molecule has 0 radical (unpaired) electrons. The van der Waals surface area contributed by atoms with E-state index >= 15 is 0 Å². The van der Waals surface area contributed by atoms with Crippen molar-refractivity contribution in [1.82, 2.24) is 19.3 Å². The molecule has 0 aliphatic carbocycles. The summed E-state index contributed by atoms with van der Waals surface area (Å²) in [5.41, 5.74) is 4.78. The molecule has 0 bridgehead atoms. The summed E-state index contributed by atoms with van der Waals surface area (Å²) in [6, 6.07) is 21.4. The molecule has 0 aliphatic heterocycles. The van der Waals surface area contributed by atoms with E-state index in [1.807, 2.05) is 64.8 Å². The van der Waals surface area contributed by atoms with Gasteiger partial charge in [-0.15, -0.1) is 0 Å². The van der Waals surface area contributed by atoms with Crippen molar-refractivity contribution in [3.63, 3.8) is 0 Å². The zero-order valence-electron chi connectivity index (χ0n) is 18.1. The average Bonchev–Trinajstić information content (AvgIpc) is 3.46. The predicted molar refractivity (Wildman–Crippen MR) is 126 cm³/mol. The monoisotopic (exact) mass is 439 g/mol. The summed E-state index contributed by atoms with van der Waals surface area (Å²) in [6.07, 6.45) is 4.57. The number of imidazole rings is 1. The minimum absolute atomic E-state index is 0.203. The molecule has 0 unspecified atom stereocenters. The molecule has 2 heterocycles. The summed E-state index contributed by atoms with van der Waals surface area (Å²) >= 11 is 0. The highest BCUT2D eigenvalue weighted by Gasteiger charge is 2.13. The number of aromatic nitrogens is 4. The van der Waals surface area contributed by atoms with Crippen molar-refractivity contribution in [2.45, 2.75) is 19.9 Å². The van der Waals surface area contributed by atoms with E-state index < -0.39 is 0 Å². The molecule has 6 nitrogen and oxygen atoms in total. The van der Waals surface area contributed by atoms with E-state index in [4.69, 9.17) is 0 Å². The van der Waals surface area contributed by atoms with Crippen LogP contribution in [0.3, 0.4) is 0 Å². The van der Waals surface area contributed by atoms with Crippen molar-refractivity contribution in [1.29, 1.82) is 0 Å². The first kappa shape index (κ1) is 20.6. The van der Waals surface area contributed by atoms with E-state index in [0.717, 1.165) is 41.2 Å². The third kappa shape index (κ3) is 4.39. The van der Waals surface area contributed by atoms with Crippen LogP contribution in [-0.4, -0.2) is 25.2 Å². The van der Waals surface area contributed by atoms with Gasteiger partial charge >= 0.3 is 0 Å². The van der Waals surface area contributed by atoms with Crippen LogP contribution in [0.1, 0.15) is 21.7 Å². The summed E-state index contributed by atoms with van der Waals surface area (Å²) in [4.78, 5) is 17.5. The minimum Gasteiger partial charge on any atom is -0.322 e. The maximum atomic E-state index is 13.4. The van der Waals surface area contributed by atoms with Gasteiger partial charge in [0.05, 0.1) is 11.0 Å². The molecule has 0 spiro atoms. The Morgan fingerprint density at radius 1 is 1.03 bits per heavy atom. The van der Waals surface area contributed by atoms with Crippen molar-refractivity contribution in [3.8, 4) is 5.69 Å². The molecule has 2 aromatic heterocycles. The molecule has 0 saturated carbocycles. The van der Waals surface area contributed by atoms with E-state index in [1.54, 1.807) is 24.4 Å². The van der Waals surface area contributed by atoms with Gasteiger partial charge in [0.15, 0.2) is 0 Å². The normalized spacial score (nSPS) is 11.1. The fraction of sp³-hybridized carbons (Fsp3) is 0.115. The molecular formula is C26H22FN5O. The Hall–Kier alpha value is -4.26. The van der Waals surface area contributed by atoms with Crippen molar-refractivity contribution < 1.29 is 9.18 Å². The molecule has 7 heteroatoms. The molecule has 0 fully saturated rings. The molecular weight excluding hydrogens is 417 g/mol. The number of hydrogen-bond donors (Lipinski definition) is 1. The highest BCUT2D eigenvalue weighted by Crippen LogP contribution is 2.23. The van der Waals surface area contributed by atoms with Gasteiger partial charge in [-0.3, -0.25) is 14.0 Å². The van der Waals surface area contributed by atoms with Gasteiger partial charge in [-0.05, 0) is 79.6 Å². The summed E-state index contributed by atoms with van der Waals surface area (Å²) in [5, 5.41) is 7.17. The maximum Gasteiger partial charge on any atom is 0.255 e. The van der Waals surface area contributed by atoms with Crippen LogP contribution in [0.2, 0.25) is 0 Å². The van der Waals surface area contributed by atoms with E-state index in [0.29, 0.717) is 5.56 Å². The van der Waals surface area contributed by atoms with Gasteiger partial charge in [0.2, 0.25) is 0 Å². The number of nitrogens with one attached hydrogen (secondary N) is 1. The lowest BCUT2D eigenvalue weighted by atomic mass is 10.1. The average molecular weight is 439 g/mol.